The molecule has 2 atom stereocenters. The Labute approximate surface area is 102 Å². The molecule has 7 heteroatoms. The fraction of sp³-hybridized carbons (Fsp3) is 0.273. The Balaban J connectivity index is 3.03. The monoisotopic (exact) mass is 249 g/mol. The number of benzene rings is 1. The first kappa shape index (κ1) is 13.9. The maximum atomic E-state index is 10.7. The largest absolute Gasteiger partial charge is 0.390 e. The molecule has 0 radical (unpaired) electrons. The lowest BCUT2D eigenvalue weighted by Gasteiger charge is -2.16. The van der Waals surface area contributed by atoms with Crippen molar-refractivity contribution in [2.24, 2.45) is 5.11 Å². The molecule has 0 aliphatic carbocycles. The number of rotatable bonds is 6. The van der Waals surface area contributed by atoms with Crippen LogP contribution in [0.15, 0.2) is 23.3 Å². The Hall–Kier alpha value is -2.21. The molecule has 0 aromatic heterocycles. The molecular weight excluding hydrogens is 238 g/mol. The van der Waals surface area contributed by atoms with Crippen LogP contribution in [-0.4, -0.2) is 35.4 Å². The molecule has 2 unspecified atom stereocenters. The van der Waals surface area contributed by atoms with Crippen molar-refractivity contribution in [1.82, 2.24) is 0 Å². The van der Waals surface area contributed by atoms with Crippen LogP contribution in [0.4, 0.5) is 0 Å². The quantitative estimate of drug-likeness (QED) is 0.338. The topological polar surface area (TPSA) is 123 Å². The van der Waals surface area contributed by atoms with E-state index in [0.717, 1.165) is 0 Å². The zero-order valence-corrected chi connectivity index (χ0v) is 9.30. The molecule has 0 aliphatic rings. The molecule has 0 aliphatic heterocycles. The minimum absolute atomic E-state index is 0.210. The molecule has 0 fully saturated rings. The van der Waals surface area contributed by atoms with Crippen molar-refractivity contribution in [2.45, 2.75) is 12.2 Å². The first-order chi connectivity index (χ1) is 8.62. The average molecular weight is 249 g/mol. The second-order valence-electron chi connectivity index (χ2n) is 3.59. The van der Waals surface area contributed by atoms with Gasteiger partial charge in [-0.2, -0.15) is 0 Å². The Morgan fingerprint density at radius 2 is 1.78 bits per heavy atom. The normalized spacial score (nSPS) is 13.2. The van der Waals surface area contributed by atoms with Crippen LogP contribution in [0.3, 0.4) is 0 Å². The summed E-state index contributed by atoms with van der Waals surface area (Å²) < 4.78 is 0. The molecule has 1 aromatic carbocycles. The second kappa shape index (κ2) is 6.51. The molecule has 0 bridgehead atoms. The summed E-state index contributed by atoms with van der Waals surface area (Å²) in [5.41, 5.74) is 8.74. The Kier molecular flexibility index (Phi) is 5.01. The van der Waals surface area contributed by atoms with Gasteiger partial charge in [-0.15, -0.1) is 0 Å². The highest BCUT2D eigenvalue weighted by molar-refractivity contribution is 5.82. The standard InChI is InChI=1S/C11H11N3O4/c12-14-13-4-10(17)11(18)9-2-7(5-15)1-8(3-9)6-16/h1-3,5-6,10-11,17-18H,4H2. The van der Waals surface area contributed by atoms with Gasteiger partial charge in [0, 0.05) is 16.0 Å². The number of nitrogens with zero attached hydrogens (tertiary/aromatic N) is 3. The van der Waals surface area contributed by atoms with Crippen LogP contribution in [-0.2, 0) is 0 Å². The number of carbonyl (C=O) groups is 2. The Morgan fingerprint density at radius 3 is 2.22 bits per heavy atom. The molecule has 0 spiro atoms. The lowest BCUT2D eigenvalue weighted by atomic mass is 9.99. The molecule has 0 heterocycles. The highest BCUT2D eigenvalue weighted by atomic mass is 16.3. The smallest absolute Gasteiger partial charge is 0.150 e. The molecule has 7 nitrogen and oxygen atoms in total. The highest BCUT2D eigenvalue weighted by Crippen LogP contribution is 2.19. The summed E-state index contributed by atoms with van der Waals surface area (Å²) in [6.45, 7) is -0.306. The van der Waals surface area contributed by atoms with Crippen molar-refractivity contribution >= 4 is 12.6 Å². The van der Waals surface area contributed by atoms with E-state index in [2.05, 4.69) is 10.0 Å². The summed E-state index contributed by atoms with van der Waals surface area (Å²) in [6, 6.07) is 4.06. The summed E-state index contributed by atoms with van der Waals surface area (Å²) in [6.07, 6.45) is -1.58. The number of hydrogen-bond acceptors (Lipinski definition) is 5. The minimum Gasteiger partial charge on any atom is -0.390 e. The average Bonchev–Trinajstić information content (AvgIpc) is 2.43. The van der Waals surface area contributed by atoms with E-state index in [-0.39, 0.29) is 23.2 Å². The van der Waals surface area contributed by atoms with Gasteiger partial charge in [-0.1, -0.05) is 5.11 Å². The van der Waals surface area contributed by atoms with Gasteiger partial charge in [-0.05, 0) is 29.3 Å². The van der Waals surface area contributed by atoms with E-state index in [1.807, 2.05) is 0 Å². The van der Waals surface area contributed by atoms with Crippen LogP contribution in [0.2, 0.25) is 0 Å². The van der Waals surface area contributed by atoms with Crippen LogP contribution in [0.5, 0.6) is 0 Å². The summed E-state index contributed by atoms with van der Waals surface area (Å²) in [5.74, 6) is 0. The van der Waals surface area contributed by atoms with Crippen LogP contribution >= 0.6 is 0 Å². The van der Waals surface area contributed by atoms with Gasteiger partial charge in [-0.3, -0.25) is 9.59 Å². The van der Waals surface area contributed by atoms with Gasteiger partial charge in [0.15, 0.2) is 0 Å². The van der Waals surface area contributed by atoms with E-state index in [9.17, 15) is 19.8 Å². The van der Waals surface area contributed by atoms with Crippen LogP contribution in [0.1, 0.15) is 32.4 Å². The Morgan fingerprint density at radius 1 is 1.22 bits per heavy atom. The first-order valence-corrected chi connectivity index (χ1v) is 5.04. The van der Waals surface area contributed by atoms with Crippen molar-refractivity contribution in [3.05, 3.63) is 45.3 Å². The van der Waals surface area contributed by atoms with E-state index in [0.29, 0.717) is 12.6 Å². The molecule has 1 rings (SSSR count). The van der Waals surface area contributed by atoms with Gasteiger partial charge in [-0.25, -0.2) is 0 Å². The molecule has 0 amide bonds. The summed E-state index contributed by atoms with van der Waals surface area (Å²) >= 11 is 0. The van der Waals surface area contributed by atoms with Crippen molar-refractivity contribution < 1.29 is 19.8 Å². The van der Waals surface area contributed by atoms with Crippen LogP contribution in [0.25, 0.3) is 10.4 Å². The number of aliphatic hydroxyl groups is 2. The lowest BCUT2D eigenvalue weighted by Crippen LogP contribution is -2.21. The number of hydrogen-bond donors (Lipinski definition) is 2. The molecule has 18 heavy (non-hydrogen) atoms. The summed E-state index contributed by atoms with van der Waals surface area (Å²) in [5, 5.41) is 22.5. The zero-order chi connectivity index (χ0) is 13.5. The van der Waals surface area contributed by atoms with Gasteiger partial charge in [0.2, 0.25) is 0 Å². The predicted octanol–water partition coefficient (Wildman–Crippen LogP) is 1.02. The van der Waals surface area contributed by atoms with E-state index >= 15 is 0 Å². The fourth-order valence-corrected chi connectivity index (χ4v) is 1.45. The van der Waals surface area contributed by atoms with Crippen molar-refractivity contribution in [2.75, 3.05) is 6.54 Å². The predicted molar refractivity (Wildman–Crippen MR) is 62.2 cm³/mol. The molecule has 0 saturated carbocycles. The first-order valence-electron chi connectivity index (χ1n) is 5.04. The second-order valence-corrected chi connectivity index (χ2v) is 3.59. The Bertz CT molecular complexity index is 471. The van der Waals surface area contributed by atoms with Gasteiger partial charge in [0.25, 0.3) is 0 Å². The third kappa shape index (κ3) is 3.39. The summed E-state index contributed by atoms with van der Waals surface area (Å²) in [4.78, 5) is 23.8. The van der Waals surface area contributed by atoms with Crippen molar-refractivity contribution in [3.8, 4) is 0 Å². The molecule has 1 aromatic rings. The number of aldehydes is 2. The van der Waals surface area contributed by atoms with E-state index in [4.69, 9.17) is 5.53 Å². The number of azide groups is 1. The zero-order valence-electron chi connectivity index (χ0n) is 9.30. The van der Waals surface area contributed by atoms with Gasteiger partial charge in [0.1, 0.15) is 18.7 Å². The molecular formula is C11H11N3O4. The third-order valence-electron chi connectivity index (χ3n) is 2.31. The number of aliphatic hydroxyl groups excluding tert-OH is 2. The molecule has 2 N–H and O–H groups in total. The molecule has 94 valence electrons. The molecule has 0 saturated heterocycles. The van der Waals surface area contributed by atoms with Gasteiger partial charge in [0.05, 0.1) is 12.6 Å². The maximum absolute atomic E-state index is 10.7. The van der Waals surface area contributed by atoms with Crippen molar-refractivity contribution in [1.29, 1.82) is 0 Å². The third-order valence-corrected chi connectivity index (χ3v) is 2.31. The van der Waals surface area contributed by atoms with Gasteiger partial charge < -0.3 is 10.2 Å². The van der Waals surface area contributed by atoms with Gasteiger partial charge >= 0.3 is 0 Å². The SMILES string of the molecule is [N-]=[N+]=NCC(O)C(O)c1cc(C=O)cc(C=O)c1. The lowest BCUT2D eigenvalue weighted by molar-refractivity contribution is 0.0243. The van der Waals surface area contributed by atoms with E-state index in [1.165, 1.54) is 18.2 Å². The fourth-order valence-electron chi connectivity index (χ4n) is 1.45. The highest BCUT2D eigenvalue weighted by Gasteiger charge is 2.18. The number of carbonyl (C=O) groups excluding carboxylic acids is 2. The van der Waals surface area contributed by atoms with E-state index < -0.39 is 12.2 Å². The van der Waals surface area contributed by atoms with Crippen molar-refractivity contribution in [3.63, 3.8) is 0 Å². The van der Waals surface area contributed by atoms with Crippen LogP contribution < -0.4 is 0 Å². The van der Waals surface area contributed by atoms with Crippen LogP contribution in [0, 0.1) is 0 Å². The minimum atomic E-state index is -1.34. The summed E-state index contributed by atoms with van der Waals surface area (Å²) in [7, 11) is 0. The van der Waals surface area contributed by atoms with E-state index in [1.54, 1.807) is 0 Å². The maximum Gasteiger partial charge on any atom is 0.150 e.